The van der Waals surface area contributed by atoms with E-state index in [0.717, 1.165) is 0 Å². The summed E-state index contributed by atoms with van der Waals surface area (Å²) in [6.45, 7) is 3.19. The van der Waals surface area contributed by atoms with Crippen molar-refractivity contribution in [1.29, 1.82) is 0 Å². The Morgan fingerprint density at radius 3 is 2.76 bits per heavy atom. The molecule has 0 aliphatic carbocycles. The lowest BCUT2D eigenvalue weighted by Crippen LogP contribution is -2.15. The molecule has 0 aliphatic heterocycles. The van der Waals surface area contributed by atoms with Crippen LogP contribution in [0.1, 0.15) is 12.5 Å². The molecule has 0 amide bonds. The summed E-state index contributed by atoms with van der Waals surface area (Å²) >= 11 is 0. The highest BCUT2D eigenvalue weighted by Gasteiger charge is 2.18. The second-order valence-corrected chi connectivity index (χ2v) is 3.27. The summed E-state index contributed by atoms with van der Waals surface area (Å²) in [4.78, 5) is 21.4. The molecule has 1 aromatic rings. The van der Waals surface area contributed by atoms with Crippen LogP contribution in [0.4, 0.5) is 5.69 Å². The molecule has 0 radical (unpaired) electrons. The zero-order chi connectivity index (χ0) is 12.8. The Labute approximate surface area is 98.3 Å². The highest BCUT2D eigenvalue weighted by Crippen LogP contribution is 2.29. The average molecular weight is 239 g/mol. The lowest BCUT2D eigenvalue weighted by molar-refractivity contribution is -0.386. The van der Waals surface area contributed by atoms with Gasteiger partial charge in [-0.05, 0) is 19.9 Å². The molecule has 0 N–H and O–H groups in total. The molecule has 0 bridgehead atoms. The summed E-state index contributed by atoms with van der Waals surface area (Å²) in [5.41, 5.74) is 0.355. The van der Waals surface area contributed by atoms with E-state index in [1.807, 2.05) is 0 Å². The van der Waals surface area contributed by atoms with Crippen LogP contribution in [0.5, 0.6) is 5.75 Å². The van der Waals surface area contributed by atoms with Gasteiger partial charge < -0.3 is 9.47 Å². The summed E-state index contributed by atoms with van der Waals surface area (Å²) in [5, 5.41) is 10.8. The van der Waals surface area contributed by atoms with Gasteiger partial charge in [-0.25, -0.2) is 4.79 Å². The molecule has 6 heteroatoms. The Morgan fingerprint density at radius 1 is 1.47 bits per heavy atom. The number of benzene rings is 1. The van der Waals surface area contributed by atoms with Gasteiger partial charge in [0.05, 0.1) is 11.5 Å². The van der Waals surface area contributed by atoms with Crippen LogP contribution in [0.2, 0.25) is 0 Å². The maximum Gasteiger partial charge on any atom is 0.344 e. The van der Waals surface area contributed by atoms with E-state index in [1.54, 1.807) is 26.0 Å². The predicted molar refractivity (Wildman–Crippen MR) is 60.0 cm³/mol. The molecule has 0 atom stereocenters. The Balaban J connectivity index is 2.81. The monoisotopic (exact) mass is 239 g/mol. The minimum Gasteiger partial charge on any atom is -0.475 e. The molecule has 17 heavy (non-hydrogen) atoms. The molecule has 92 valence electrons. The number of ether oxygens (including phenoxy) is 2. The van der Waals surface area contributed by atoms with E-state index in [4.69, 9.17) is 4.74 Å². The smallest absolute Gasteiger partial charge is 0.344 e. The maximum atomic E-state index is 11.1. The molecule has 0 aliphatic rings. The van der Waals surface area contributed by atoms with Crippen molar-refractivity contribution in [3.63, 3.8) is 0 Å². The van der Waals surface area contributed by atoms with Crippen molar-refractivity contribution in [2.75, 3.05) is 13.2 Å². The van der Waals surface area contributed by atoms with Gasteiger partial charge in [-0.3, -0.25) is 10.1 Å². The molecule has 1 rings (SSSR count). The van der Waals surface area contributed by atoms with Crippen LogP contribution in [0.3, 0.4) is 0 Å². The summed E-state index contributed by atoms with van der Waals surface area (Å²) in [6.07, 6.45) is 0. The maximum absolute atomic E-state index is 11.1. The van der Waals surface area contributed by atoms with Gasteiger partial charge in [-0.1, -0.05) is 12.1 Å². The Kier molecular flexibility index (Phi) is 4.45. The van der Waals surface area contributed by atoms with Gasteiger partial charge in [0.15, 0.2) is 12.4 Å². The highest BCUT2D eigenvalue weighted by atomic mass is 16.6. The molecule has 0 heterocycles. The first kappa shape index (κ1) is 13.0. The highest BCUT2D eigenvalue weighted by molar-refractivity contribution is 5.71. The minimum atomic E-state index is -0.552. The minimum absolute atomic E-state index is 0.0723. The van der Waals surface area contributed by atoms with E-state index in [0.29, 0.717) is 5.56 Å². The van der Waals surface area contributed by atoms with Crippen molar-refractivity contribution >= 4 is 11.7 Å². The number of rotatable bonds is 5. The number of nitro groups is 1. The molecule has 0 saturated heterocycles. The fourth-order valence-electron chi connectivity index (χ4n) is 1.32. The first-order valence-electron chi connectivity index (χ1n) is 5.08. The summed E-state index contributed by atoms with van der Waals surface area (Å²) in [7, 11) is 0. The van der Waals surface area contributed by atoms with Crippen molar-refractivity contribution in [1.82, 2.24) is 0 Å². The second-order valence-electron chi connectivity index (χ2n) is 3.27. The fourth-order valence-corrected chi connectivity index (χ4v) is 1.32. The van der Waals surface area contributed by atoms with E-state index >= 15 is 0 Å². The van der Waals surface area contributed by atoms with E-state index in [-0.39, 0.29) is 24.7 Å². The largest absolute Gasteiger partial charge is 0.475 e. The molecule has 6 nitrogen and oxygen atoms in total. The van der Waals surface area contributed by atoms with E-state index < -0.39 is 10.9 Å². The molecule has 0 spiro atoms. The average Bonchev–Trinajstić information content (AvgIpc) is 2.26. The first-order chi connectivity index (χ1) is 8.06. The van der Waals surface area contributed by atoms with Gasteiger partial charge in [0.2, 0.25) is 0 Å². The number of para-hydroxylation sites is 1. The zero-order valence-electron chi connectivity index (χ0n) is 9.63. The Hall–Kier alpha value is -2.11. The van der Waals surface area contributed by atoms with Crippen molar-refractivity contribution < 1.29 is 19.2 Å². The van der Waals surface area contributed by atoms with Gasteiger partial charge in [-0.2, -0.15) is 0 Å². The van der Waals surface area contributed by atoms with Crippen molar-refractivity contribution in [3.05, 3.63) is 33.9 Å². The summed E-state index contributed by atoms with van der Waals surface area (Å²) in [5.74, 6) is -0.480. The lowest BCUT2D eigenvalue weighted by Gasteiger charge is -2.07. The van der Waals surface area contributed by atoms with E-state index in [2.05, 4.69) is 4.74 Å². The van der Waals surface area contributed by atoms with Crippen LogP contribution in [0.15, 0.2) is 18.2 Å². The quantitative estimate of drug-likeness (QED) is 0.445. The van der Waals surface area contributed by atoms with E-state index in [9.17, 15) is 14.9 Å². The number of carbonyl (C=O) groups is 1. The first-order valence-corrected chi connectivity index (χ1v) is 5.08. The molecule has 0 aromatic heterocycles. The van der Waals surface area contributed by atoms with Gasteiger partial charge in [0.1, 0.15) is 0 Å². The molecule has 0 saturated carbocycles. The normalized spacial score (nSPS) is 9.76. The third-order valence-corrected chi connectivity index (χ3v) is 2.03. The van der Waals surface area contributed by atoms with Crippen LogP contribution >= 0.6 is 0 Å². The van der Waals surface area contributed by atoms with Crippen molar-refractivity contribution in [2.45, 2.75) is 13.8 Å². The Bertz CT molecular complexity index is 430. The van der Waals surface area contributed by atoms with Crippen LogP contribution in [-0.4, -0.2) is 24.1 Å². The van der Waals surface area contributed by atoms with E-state index in [1.165, 1.54) is 6.07 Å². The third kappa shape index (κ3) is 3.44. The lowest BCUT2D eigenvalue weighted by atomic mass is 10.2. The molecular weight excluding hydrogens is 226 g/mol. The number of esters is 1. The van der Waals surface area contributed by atoms with Crippen molar-refractivity contribution in [3.8, 4) is 5.75 Å². The number of nitrogens with zero attached hydrogens (tertiary/aromatic N) is 1. The molecule has 0 unspecified atom stereocenters. The number of carbonyl (C=O) groups excluding carboxylic acids is 1. The topological polar surface area (TPSA) is 78.7 Å². The number of hydrogen-bond donors (Lipinski definition) is 0. The van der Waals surface area contributed by atoms with Crippen LogP contribution in [0, 0.1) is 17.0 Å². The molecule has 1 aromatic carbocycles. The summed E-state index contributed by atoms with van der Waals surface area (Å²) in [6, 6.07) is 4.68. The van der Waals surface area contributed by atoms with Gasteiger partial charge in [0, 0.05) is 5.56 Å². The molecular formula is C11H13NO5. The van der Waals surface area contributed by atoms with Crippen LogP contribution in [0.25, 0.3) is 0 Å². The zero-order valence-corrected chi connectivity index (χ0v) is 9.63. The SMILES string of the molecule is CCOC(=O)COc1cccc(C)c1[N+](=O)[O-]. The second kappa shape index (κ2) is 5.83. The Morgan fingerprint density at radius 2 is 2.18 bits per heavy atom. The van der Waals surface area contributed by atoms with Gasteiger partial charge in [0.25, 0.3) is 0 Å². The van der Waals surface area contributed by atoms with Crippen molar-refractivity contribution in [2.24, 2.45) is 0 Å². The van der Waals surface area contributed by atoms with Gasteiger partial charge in [-0.15, -0.1) is 0 Å². The molecule has 0 fully saturated rings. The standard InChI is InChI=1S/C11H13NO5/c1-3-16-10(13)7-17-9-6-4-5-8(2)11(9)12(14)15/h4-6H,3,7H2,1-2H3. The number of nitro benzene ring substituents is 1. The number of hydrogen-bond acceptors (Lipinski definition) is 5. The van der Waals surface area contributed by atoms with Crippen LogP contribution < -0.4 is 4.74 Å². The number of aryl methyl sites for hydroxylation is 1. The van der Waals surface area contributed by atoms with Gasteiger partial charge >= 0.3 is 11.7 Å². The van der Waals surface area contributed by atoms with Crippen LogP contribution in [-0.2, 0) is 9.53 Å². The third-order valence-electron chi connectivity index (χ3n) is 2.03. The predicted octanol–water partition coefficient (Wildman–Crippen LogP) is 1.85. The summed E-state index contributed by atoms with van der Waals surface area (Å²) < 4.78 is 9.74. The fraction of sp³-hybridized carbons (Fsp3) is 0.364.